The second-order valence-corrected chi connectivity index (χ2v) is 5.05. The van der Waals surface area contributed by atoms with Gasteiger partial charge in [-0.2, -0.15) is 0 Å². The van der Waals surface area contributed by atoms with Gasteiger partial charge in [-0.15, -0.1) is 0 Å². The number of aromatic amines is 1. The Morgan fingerprint density at radius 1 is 1.18 bits per heavy atom. The molecule has 1 aliphatic rings. The molecule has 0 spiro atoms. The summed E-state index contributed by atoms with van der Waals surface area (Å²) >= 11 is 0. The quantitative estimate of drug-likeness (QED) is 0.756. The number of furan rings is 1. The van der Waals surface area contributed by atoms with Crippen LogP contribution in [0, 0.1) is 0 Å². The lowest BCUT2D eigenvalue weighted by molar-refractivity contribution is 0.0714. The Balaban J connectivity index is 1.50. The van der Waals surface area contributed by atoms with E-state index in [9.17, 15) is 4.79 Å². The van der Waals surface area contributed by atoms with Gasteiger partial charge in [-0.05, 0) is 12.1 Å². The summed E-state index contributed by atoms with van der Waals surface area (Å²) in [5.41, 5.74) is 1.48. The van der Waals surface area contributed by atoms with Gasteiger partial charge in [0.25, 0.3) is 5.91 Å². The first kappa shape index (κ1) is 12.8. The van der Waals surface area contributed by atoms with E-state index in [0.29, 0.717) is 37.6 Å². The number of hydrogen-bond acceptors (Lipinski definition) is 6. The van der Waals surface area contributed by atoms with Crippen molar-refractivity contribution in [3.63, 3.8) is 0 Å². The van der Waals surface area contributed by atoms with Crippen molar-refractivity contribution in [2.75, 3.05) is 31.1 Å². The Kier molecular flexibility index (Phi) is 2.99. The van der Waals surface area contributed by atoms with Crippen LogP contribution in [0.3, 0.4) is 0 Å². The van der Waals surface area contributed by atoms with E-state index in [-0.39, 0.29) is 5.91 Å². The molecule has 3 aromatic heterocycles. The molecule has 0 atom stereocenters. The summed E-state index contributed by atoms with van der Waals surface area (Å²) in [4.78, 5) is 31.8. The van der Waals surface area contributed by atoms with Gasteiger partial charge in [0, 0.05) is 26.2 Å². The van der Waals surface area contributed by atoms with Crippen molar-refractivity contribution in [2.24, 2.45) is 0 Å². The van der Waals surface area contributed by atoms with Crippen molar-refractivity contribution in [1.82, 2.24) is 24.8 Å². The molecule has 0 aromatic carbocycles. The Morgan fingerprint density at radius 2 is 2.05 bits per heavy atom. The maximum Gasteiger partial charge on any atom is 0.289 e. The lowest BCUT2D eigenvalue weighted by Crippen LogP contribution is -2.49. The fourth-order valence-corrected chi connectivity index (χ4v) is 2.67. The summed E-state index contributed by atoms with van der Waals surface area (Å²) in [7, 11) is 0. The number of carbonyl (C=O) groups is 1. The Labute approximate surface area is 125 Å². The summed E-state index contributed by atoms with van der Waals surface area (Å²) in [6, 6.07) is 3.41. The average Bonchev–Trinajstić information content (AvgIpc) is 3.25. The average molecular weight is 298 g/mol. The summed E-state index contributed by atoms with van der Waals surface area (Å²) in [5, 5.41) is 0. The molecule has 1 aliphatic heterocycles. The number of fused-ring (bicyclic) bond motifs is 1. The van der Waals surface area contributed by atoms with E-state index in [0.717, 1.165) is 11.3 Å². The van der Waals surface area contributed by atoms with Gasteiger partial charge in [-0.25, -0.2) is 15.0 Å². The van der Waals surface area contributed by atoms with Crippen molar-refractivity contribution in [2.45, 2.75) is 0 Å². The minimum absolute atomic E-state index is 0.0703. The zero-order chi connectivity index (χ0) is 14.9. The van der Waals surface area contributed by atoms with Crippen molar-refractivity contribution in [1.29, 1.82) is 0 Å². The molecule has 3 aromatic rings. The zero-order valence-corrected chi connectivity index (χ0v) is 11.8. The Hall–Kier alpha value is -2.90. The van der Waals surface area contributed by atoms with Crippen molar-refractivity contribution in [3.05, 3.63) is 36.8 Å². The van der Waals surface area contributed by atoms with Crippen LogP contribution in [0.5, 0.6) is 0 Å². The molecular formula is C14H14N6O2. The predicted molar refractivity (Wildman–Crippen MR) is 78.5 cm³/mol. The number of aromatic nitrogens is 4. The van der Waals surface area contributed by atoms with Gasteiger partial charge in [0.2, 0.25) is 0 Å². The summed E-state index contributed by atoms with van der Waals surface area (Å²) < 4.78 is 5.17. The van der Waals surface area contributed by atoms with E-state index in [4.69, 9.17) is 4.42 Å². The first-order valence-corrected chi connectivity index (χ1v) is 7.05. The van der Waals surface area contributed by atoms with Crippen LogP contribution in [0.4, 0.5) is 5.82 Å². The fourth-order valence-electron chi connectivity index (χ4n) is 2.67. The standard InChI is InChI=1S/C14H14N6O2/c21-14(10-2-1-7-22-10)20-5-3-19(4-6-20)13-11-12(16-8-15-11)17-9-18-13/h1-2,7-9H,3-6H2,(H,15,16,17,18). The molecule has 8 heteroatoms. The predicted octanol–water partition coefficient (Wildman–Crippen LogP) is 0.908. The molecular weight excluding hydrogens is 284 g/mol. The van der Waals surface area contributed by atoms with Crippen molar-refractivity contribution in [3.8, 4) is 0 Å². The van der Waals surface area contributed by atoms with Crippen LogP contribution in [-0.2, 0) is 0 Å². The molecule has 0 bridgehead atoms. The number of nitrogens with one attached hydrogen (secondary N) is 1. The highest BCUT2D eigenvalue weighted by Crippen LogP contribution is 2.21. The number of carbonyl (C=O) groups excluding carboxylic acids is 1. The minimum atomic E-state index is -0.0703. The fraction of sp³-hybridized carbons (Fsp3) is 0.286. The minimum Gasteiger partial charge on any atom is -0.459 e. The summed E-state index contributed by atoms with van der Waals surface area (Å²) in [6.07, 6.45) is 4.64. The number of H-pyrrole nitrogens is 1. The van der Waals surface area contributed by atoms with E-state index in [1.54, 1.807) is 23.4 Å². The highest BCUT2D eigenvalue weighted by atomic mass is 16.3. The number of anilines is 1. The van der Waals surface area contributed by atoms with Crippen LogP contribution in [-0.4, -0.2) is 56.9 Å². The molecule has 22 heavy (non-hydrogen) atoms. The number of piperazine rings is 1. The van der Waals surface area contributed by atoms with Crippen molar-refractivity contribution >= 4 is 22.9 Å². The molecule has 1 saturated heterocycles. The third kappa shape index (κ3) is 2.09. The summed E-state index contributed by atoms with van der Waals surface area (Å²) in [6.45, 7) is 2.66. The topological polar surface area (TPSA) is 91.2 Å². The highest BCUT2D eigenvalue weighted by Gasteiger charge is 2.25. The van der Waals surface area contributed by atoms with Gasteiger partial charge in [0.15, 0.2) is 17.2 Å². The molecule has 112 valence electrons. The zero-order valence-electron chi connectivity index (χ0n) is 11.8. The largest absolute Gasteiger partial charge is 0.459 e. The third-order valence-corrected chi connectivity index (χ3v) is 3.80. The first-order valence-electron chi connectivity index (χ1n) is 7.05. The molecule has 4 heterocycles. The van der Waals surface area contributed by atoms with E-state index in [2.05, 4.69) is 24.8 Å². The molecule has 1 N–H and O–H groups in total. The number of imidazole rings is 1. The smallest absolute Gasteiger partial charge is 0.289 e. The molecule has 0 radical (unpaired) electrons. The lowest BCUT2D eigenvalue weighted by Gasteiger charge is -2.34. The SMILES string of the molecule is O=C(c1ccco1)N1CCN(c2ncnc3nc[nH]c23)CC1. The van der Waals surface area contributed by atoms with Crippen LogP contribution < -0.4 is 4.90 Å². The number of nitrogens with zero attached hydrogens (tertiary/aromatic N) is 5. The van der Waals surface area contributed by atoms with E-state index >= 15 is 0 Å². The molecule has 1 fully saturated rings. The maximum absolute atomic E-state index is 12.2. The normalized spacial score (nSPS) is 15.5. The first-order chi connectivity index (χ1) is 10.8. The van der Waals surface area contributed by atoms with Crippen LogP contribution in [0.15, 0.2) is 35.5 Å². The van der Waals surface area contributed by atoms with E-state index < -0.39 is 0 Å². The molecule has 8 nitrogen and oxygen atoms in total. The van der Waals surface area contributed by atoms with E-state index in [1.165, 1.54) is 12.6 Å². The van der Waals surface area contributed by atoms with Crippen LogP contribution in [0.2, 0.25) is 0 Å². The monoisotopic (exact) mass is 298 g/mol. The number of amides is 1. The van der Waals surface area contributed by atoms with Gasteiger partial charge in [-0.3, -0.25) is 4.79 Å². The number of rotatable bonds is 2. The van der Waals surface area contributed by atoms with Crippen LogP contribution in [0.25, 0.3) is 11.2 Å². The highest BCUT2D eigenvalue weighted by molar-refractivity contribution is 5.91. The van der Waals surface area contributed by atoms with E-state index in [1.807, 2.05) is 0 Å². The molecule has 0 aliphatic carbocycles. The third-order valence-electron chi connectivity index (χ3n) is 3.80. The lowest BCUT2D eigenvalue weighted by atomic mass is 10.2. The Bertz CT molecular complexity index is 789. The van der Waals surface area contributed by atoms with Crippen LogP contribution in [0.1, 0.15) is 10.6 Å². The maximum atomic E-state index is 12.2. The molecule has 0 unspecified atom stereocenters. The second kappa shape index (κ2) is 5.14. The van der Waals surface area contributed by atoms with Gasteiger partial charge >= 0.3 is 0 Å². The van der Waals surface area contributed by atoms with Gasteiger partial charge < -0.3 is 19.2 Å². The molecule has 4 rings (SSSR count). The van der Waals surface area contributed by atoms with Crippen LogP contribution >= 0.6 is 0 Å². The second-order valence-electron chi connectivity index (χ2n) is 5.05. The number of hydrogen-bond donors (Lipinski definition) is 1. The molecule has 0 saturated carbocycles. The van der Waals surface area contributed by atoms with Gasteiger partial charge in [-0.1, -0.05) is 0 Å². The van der Waals surface area contributed by atoms with Gasteiger partial charge in [0.05, 0.1) is 12.6 Å². The van der Waals surface area contributed by atoms with Gasteiger partial charge in [0.1, 0.15) is 11.8 Å². The Morgan fingerprint density at radius 3 is 2.82 bits per heavy atom. The summed E-state index contributed by atoms with van der Waals surface area (Å²) in [5.74, 6) is 1.14. The molecule has 1 amide bonds. The van der Waals surface area contributed by atoms with Crippen molar-refractivity contribution < 1.29 is 9.21 Å².